The summed E-state index contributed by atoms with van der Waals surface area (Å²) in [6.45, 7) is 3.48. The number of aliphatic hydroxyl groups excluding tert-OH is 3. The maximum absolute atomic E-state index is 11.3. The Morgan fingerprint density at radius 3 is 2.53 bits per heavy atom. The van der Waals surface area contributed by atoms with Crippen LogP contribution in [0.15, 0.2) is 12.7 Å². The van der Waals surface area contributed by atoms with Gasteiger partial charge >= 0.3 is 5.97 Å². The average Bonchev–Trinajstić information content (AvgIpc) is 2.34. The van der Waals surface area contributed by atoms with E-state index in [9.17, 15) is 20.1 Å². The molecule has 17 heavy (non-hydrogen) atoms. The molecule has 7 heteroatoms. The molecule has 1 fully saturated rings. The molecule has 5 unspecified atom stereocenters. The molecule has 0 spiro atoms. The molecular formula is C10H16O7. The Balaban J connectivity index is 2.74. The van der Waals surface area contributed by atoms with E-state index < -0.39 is 36.7 Å². The van der Waals surface area contributed by atoms with Crippen LogP contribution in [0, 0.1) is 0 Å². The minimum Gasteiger partial charge on any atom is -0.467 e. The number of ether oxygens (including phenoxy) is 3. The fourth-order valence-corrected chi connectivity index (χ4v) is 1.46. The first-order chi connectivity index (χ1) is 8.02. The van der Waals surface area contributed by atoms with E-state index in [1.165, 1.54) is 6.08 Å². The van der Waals surface area contributed by atoms with E-state index in [2.05, 4.69) is 11.3 Å². The second-order valence-corrected chi connectivity index (χ2v) is 3.54. The van der Waals surface area contributed by atoms with Gasteiger partial charge in [-0.2, -0.15) is 0 Å². The summed E-state index contributed by atoms with van der Waals surface area (Å²) in [6.07, 6.45) is -5.78. The molecule has 1 rings (SSSR count). The van der Waals surface area contributed by atoms with Crippen molar-refractivity contribution in [3.63, 3.8) is 0 Å². The van der Waals surface area contributed by atoms with Gasteiger partial charge in [-0.15, -0.1) is 6.58 Å². The Bertz CT molecular complexity index is 280. The third-order valence-corrected chi connectivity index (χ3v) is 2.38. The minimum atomic E-state index is -1.57. The normalized spacial score (nSPS) is 37.5. The molecule has 1 aliphatic heterocycles. The fraction of sp³-hybridized carbons (Fsp3) is 0.700. The molecule has 0 bridgehead atoms. The SMILES string of the molecule is C=CCOC1OC(C(=O)OC)C(O)C(O)C1O. The monoisotopic (exact) mass is 248 g/mol. The summed E-state index contributed by atoms with van der Waals surface area (Å²) in [4.78, 5) is 11.3. The summed E-state index contributed by atoms with van der Waals surface area (Å²) in [7, 11) is 1.12. The summed E-state index contributed by atoms with van der Waals surface area (Å²) in [6, 6.07) is 0. The van der Waals surface area contributed by atoms with Crippen LogP contribution in [0.3, 0.4) is 0 Å². The standard InChI is InChI=1S/C10H16O7/c1-3-4-16-10-7(13)5(11)6(12)8(17-10)9(14)15-2/h3,5-8,10-13H,1,4H2,2H3. The van der Waals surface area contributed by atoms with Crippen LogP contribution in [0.25, 0.3) is 0 Å². The van der Waals surface area contributed by atoms with Gasteiger partial charge in [-0.05, 0) is 0 Å². The predicted molar refractivity (Wildman–Crippen MR) is 54.8 cm³/mol. The fourth-order valence-electron chi connectivity index (χ4n) is 1.46. The Hall–Kier alpha value is -0.990. The molecule has 0 aromatic heterocycles. The number of hydrogen-bond donors (Lipinski definition) is 3. The zero-order chi connectivity index (χ0) is 13.0. The highest BCUT2D eigenvalue weighted by Gasteiger charge is 2.47. The Kier molecular flexibility index (Phi) is 5.03. The van der Waals surface area contributed by atoms with Gasteiger partial charge in [-0.25, -0.2) is 4.79 Å². The quantitative estimate of drug-likeness (QED) is 0.397. The van der Waals surface area contributed by atoms with Crippen molar-refractivity contribution in [1.82, 2.24) is 0 Å². The number of carbonyl (C=O) groups is 1. The molecule has 0 saturated carbocycles. The number of aliphatic hydroxyl groups is 3. The van der Waals surface area contributed by atoms with Crippen LogP contribution in [-0.2, 0) is 19.0 Å². The van der Waals surface area contributed by atoms with E-state index in [0.717, 1.165) is 7.11 Å². The molecule has 0 radical (unpaired) electrons. The lowest BCUT2D eigenvalue weighted by molar-refractivity contribution is -0.292. The van der Waals surface area contributed by atoms with E-state index in [0.29, 0.717) is 0 Å². The predicted octanol–water partition coefficient (Wildman–Crippen LogP) is -1.83. The molecule has 5 atom stereocenters. The van der Waals surface area contributed by atoms with E-state index >= 15 is 0 Å². The van der Waals surface area contributed by atoms with Crippen molar-refractivity contribution in [3.05, 3.63) is 12.7 Å². The summed E-state index contributed by atoms with van der Waals surface area (Å²) < 4.78 is 14.5. The van der Waals surface area contributed by atoms with Crippen molar-refractivity contribution in [1.29, 1.82) is 0 Å². The first-order valence-corrected chi connectivity index (χ1v) is 5.03. The number of rotatable bonds is 4. The van der Waals surface area contributed by atoms with Gasteiger partial charge in [0.2, 0.25) is 0 Å². The van der Waals surface area contributed by atoms with E-state index in [-0.39, 0.29) is 6.61 Å². The zero-order valence-corrected chi connectivity index (χ0v) is 9.35. The van der Waals surface area contributed by atoms with Gasteiger partial charge in [-0.1, -0.05) is 6.08 Å². The third-order valence-electron chi connectivity index (χ3n) is 2.38. The van der Waals surface area contributed by atoms with Crippen molar-refractivity contribution in [3.8, 4) is 0 Å². The summed E-state index contributed by atoms with van der Waals surface area (Å²) in [5.74, 6) is -0.851. The maximum atomic E-state index is 11.3. The Morgan fingerprint density at radius 1 is 1.35 bits per heavy atom. The number of methoxy groups -OCH3 is 1. The molecule has 0 aromatic carbocycles. The highest BCUT2D eigenvalue weighted by molar-refractivity contribution is 5.75. The first-order valence-electron chi connectivity index (χ1n) is 5.03. The molecule has 0 amide bonds. The van der Waals surface area contributed by atoms with Crippen LogP contribution in [0.4, 0.5) is 0 Å². The van der Waals surface area contributed by atoms with Gasteiger partial charge in [0.15, 0.2) is 12.4 Å². The number of esters is 1. The zero-order valence-electron chi connectivity index (χ0n) is 9.35. The molecule has 98 valence electrons. The summed E-state index contributed by atoms with van der Waals surface area (Å²) in [5, 5.41) is 28.6. The second kappa shape index (κ2) is 6.08. The van der Waals surface area contributed by atoms with Crippen LogP contribution in [0.2, 0.25) is 0 Å². The molecule has 1 saturated heterocycles. The Morgan fingerprint density at radius 2 is 2.00 bits per heavy atom. The highest BCUT2D eigenvalue weighted by atomic mass is 16.7. The molecule has 0 aliphatic carbocycles. The summed E-state index contributed by atoms with van der Waals surface area (Å²) >= 11 is 0. The number of hydrogen-bond acceptors (Lipinski definition) is 7. The summed E-state index contributed by atoms with van der Waals surface area (Å²) in [5.41, 5.74) is 0. The third kappa shape index (κ3) is 3.02. The highest BCUT2D eigenvalue weighted by Crippen LogP contribution is 2.22. The van der Waals surface area contributed by atoms with E-state index in [1.807, 2.05) is 0 Å². The van der Waals surface area contributed by atoms with E-state index in [4.69, 9.17) is 9.47 Å². The van der Waals surface area contributed by atoms with Gasteiger partial charge in [0.05, 0.1) is 13.7 Å². The minimum absolute atomic E-state index is 0.0679. The van der Waals surface area contributed by atoms with Gasteiger partial charge in [-0.3, -0.25) is 0 Å². The molecular weight excluding hydrogens is 232 g/mol. The largest absolute Gasteiger partial charge is 0.467 e. The van der Waals surface area contributed by atoms with Gasteiger partial charge in [0, 0.05) is 0 Å². The van der Waals surface area contributed by atoms with Crippen molar-refractivity contribution >= 4 is 5.97 Å². The van der Waals surface area contributed by atoms with Gasteiger partial charge < -0.3 is 29.5 Å². The Labute approximate surface area is 98.2 Å². The molecule has 0 aromatic rings. The lowest BCUT2D eigenvalue weighted by Gasteiger charge is -2.38. The second-order valence-electron chi connectivity index (χ2n) is 3.54. The van der Waals surface area contributed by atoms with Crippen LogP contribution >= 0.6 is 0 Å². The molecule has 3 N–H and O–H groups in total. The molecule has 1 heterocycles. The first kappa shape index (κ1) is 14.1. The van der Waals surface area contributed by atoms with Crippen LogP contribution in [0.1, 0.15) is 0 Å². The average molecular weight is 248 g/mol. The molecule has 1 aliphatic rings. The van der Waals surface area contributed by atoms with E-state index in [1.54, 1.807) is 0 Å². The number of carbonyl (C=O) groups excluding carboxylic acids is 1. The van der Waals surface area contributed by atoms with Crippen molar-refractivity contribution in [2.45, 2.75) is 30.7 Å². The van der Waals surface area contributed by atoms with Crippen molar-refractivity contribution < 1.29 is 34.3 Å². The molecule has 7 nitrogen and oxygen atoms in total. The van der Waals surface area contributed by atoms with Crippen LogP contribution in [-0.4, -0.2) is 65.7 Å². The topological polar surface area (TPSA) is 105 Å². The van der Waals surface area contributed by atoms with Crippen LogP contribution in [0.5, 0.6) is 0 Å². The van der Waals surface area contributed by atoms with Gasteiger partial charge in [0.25, 0.3) is 0 Å². The van der Waals surface area contributed by atoms with Crippen LogP contribution < -0.4 is 0 Å². The maximum Gasteiger partial charge on any atom is 0.337 e. The lowest BCUT2D eigenvalue weighted by atomic mass is 9.99. The van der Waals surface area contributed by atoms with Crippen molar-refractivity contribution in [2.75, 3.05) is 13.7 Å². The smallest absolute Gasteiger partial charge is 0.337 e. The lowest BCUT2D eigenvalue weighted by Crippen LogP contribution is -2.60. The van der Waals surface area contributed by atoms with Gasteiger partial charge in [0.1, 0.15) is 18.3 Å². The van der Waals surface area contributed by atoms with Crippen molar-refractivity contribution in [2.24, 2.45) is 0 Å².